The van der Waals surface area contributed by atoms with Crippen molar-refractivity contribution >= 4 is 28.2 Å². The van der Waals surface area contributed by atoms with Gasteiger partial charge in [-0.1, -0.05) is 57.2 Å². The lowest BCUT2D eigenvalue weighted by Crippen LogP contribution is -2.44. The van der Waals surface area contributed by atoms with Crippen LogP contribution < -0.4 is 0 Å². The van der Waals surface area contributed by atoms with Crippen LogP contribution in [0.5, 0.6) is 0 Å². The van der Waals surface area contributed by atoms with E-state index in [-0.39, 0.29) is 5.41 Å². The van der Waals surface area contributed by atoms with Gasteiger partial charge in [-0.25, -0.2) is 0 Å². The van der Waals surface area contributed by atoms with Gasteiger partial charge >= 0.3 is 0 Å². The average molecular weight is 410 g/mol. The van der Waals surface area contributed by atoms with Crippen molar-refractivity contribution in [2.45, 2.75) is 51.4 Å². The zero-order chi connectivity index (χ0) is 20.6. The van der Waals surface area contributed by atoms with Gasteiger partial charge < -0.3 is 9.80 Å². The monoisotopic (exact) mass is 409 g/mol. The number of rotatable bonds is 7. The zero-order valence-corrected chi connectivity index (χ0v) is 18.6. The summed E-state index contributed by atoms with van der Waals surface area (Å²) in [7, 11) is 0. The van der Waals surface area contributed by atoms with Crippen LogP contribution in [0.3, 0.4) is 0 Å². The van der Waals surface area contributed by atoms with E-state index in [2.05, 4.69) is 61.1 Å². The Kier molecular flexibility index (Phi) is 5.61. The molecule has 1 aliphatic heterocycles. The fourth-order valence-corrected chi connectivity index (χ4v) is 4.40. The number of benzene rings is 1. The summed E-state index contributed by atoms with van der Waals surface area (Å²) < 4.78 is 0. The predicted molar refractivity (Wildman–Crippen MR) is 124 cm³/mol. The summed E-state index contributed by atoms with van der Waals surface area (Å²) in [6.07, 6.45) is 5.94. The highest BCUT2D eigenvalue weighted by atomic mass is 35.5. The number of piperazine rings is 1. The summed E-state index contributed by atoms with van der Waals surface area (Å²) in [6.45, 7) is 17.2. The van der Waals surface area contributed by atoms with Crippen molar-refractivity contribution in [3.8, 4) is 0 Å². The second kappa shape index (κ2) is 8.02. The minimum Gasteiger partial charge on any atom is -0.372 e. The molecule has 0 radical (unpaired) electrons. The SMILES string of the molecule is C=C(CCCC)N1CCN(C(=C)c2ccc3c(Cl)cc(C4(C)CC4)nc3c2)CC1. The van der Waals surface area contributed by atoms with Gasteiger partial charge in [0, 0.05) is 54.1 Å². The number of pyridine rings is 1. The van der Waals surface area contributed by atoms with Crippen molar-refractivity contribution < 1.29 is 0 Å². The van der Waals surface area contributed by atoms with E-state index in [4.69, 9.17) is 16.6 Å². The molecule has 0 unspecified atom stereocenters. The Morgan fingerprint density at radius 1 is 1.10 bits per heavy atom. The van der Waals surface area contributed by atoms with Gasteiger partial charge in [-0.3, -0.25) is 4.98 Å². The lowest BCUT2D eigenvalue weighted by Gasteiger charge is -2.39. The van der Waals surface area contributed by atoms with Crippen LogP contribution in [0, 0.1) is 0 Å². The lowest BCUT2D eigenvalue weighted by molar-refractivity contribution is 0.209. The largest absolute Gasteiger partial charge is 0.372 e. The molecule has 4 heteroatoms. The molecule has 1 saturated heterocycles. The van der Waals surface area contributed by atoms with Crippen molar-refractivity contribution in [3.05, 3.63) is 59.4 Å². The van der Waals surface area contributed by atoms with E-state index in [1.165, 1.54) is 31.4 Å². The van der Waals surface area contributed by atoms with E-state index < -0.39 is 0 Å². The first-order chi connectivity index (χ1) is 13.9. The molecule has 154 valence electrons. The number of allylic oxidation sites excluding steroid dienone is 1. The average Bonchev–Trinajstić information content (AvgIpc) is 3.49. The third kappa shape index (κ3) is 4.16. The summed E-state index contributed by atoms with van der Waals surface area (Å²) in [6, 6.07) is 8.43. The van der Waals surface area contributed by atoms with Crippen LogP contribution in [0.15, 0.2) is 43.1 Å². The predicted octanol–water partition coefficient (Wildman–Crippen LogP) is 6.23. The minimum atomic E-state index is 0.210. The first-order valence-corrected chi connectivity index (χ1v) is 11.3. The third-order valence-electron chi connectivity index (χ3n) is 6.64. The van der Waals surface area contributed by atoms with E-state index in [1.54, 1.807) is 0 Å². The van der Waals surface area contributed by atoms with E-state index in [9.17, 15) is 0 Å². The van der Waals surface area contributed by atoms with Gasteiger partial charge in [0.15, 0.2) is 0 Å². The first kappa shape index (κ1) is 20.3. The molecular weight excluding hydrogens is 378 g/mol. The molecule has 0 atom stereocenters. The number of unbranched alkanes of at least 4 members (excludes halogenated alkanes) is 1. The van der Waals surface area contributed by atoms with Crippen molar-refractivity contribution in [1.82, 2.24) is 14.8 Å². The van der Waals surface area contributed by atoms with Crippen molar-refractivity contribution in [2.24, 2.45) is 0 Å². The molecule has 1 aromatic heterocycles. The normalized spacial score (nSPS) is 18.2. The molecule has 0 N–H and O–H groups in total. The molecule has 1 aliphatic carbocycles. The van der Waals surface area contributed by atoms with Crippen LogP contribution in [0.25, 0.3) is 16.6 Å². The number of halogens is 1. The van der Waals surface area contributed by atoms with Crippen molar-refractivity contribution in [2.75, 3.05) is 26.2 Å². The van der Waals surface area contributed by atoms with Crippen LogP contribution >= 0.6 is 11.6 Å². The second-order valence-corrected chi connectivity index (χ2v) is 9.28. The first-order valence-electron chi connectivity index (χ1n) is 10.9. The number of hydrogen-bond acceptors (Lipinski definition) is 3. The van der Waals surface area contributed by atoms with Gasteiger partial charge in [-0.15, -0.1) is 0 Å². The molecule has 2 aliphatic rings. The summed E-state index contributed by atoms with van der Waals surface area (Å²) in [5, 5.41) is 1.82. The summed E-state index contributed by atoms with van der Waals surface area (Å²) >= 11 is 6.57. The molecule has 1 aromatic carbocycles. The van der Waals surface area contributed by atoms with Gasteiger partial charge in [0.05, 0.1) is 10.5 Å². The van der Waals surface area contributed by atoms with Crippen molar-refractivity contribution in [1.29, 1.82) is 0 Å². The molecular formula is C25H32ClN3. The highest BCUT2D eigenvalue weighted by Gasteiger charge is 2.40. The lowest BCUT2D eigenvalue weighted by atomic mass is 10.0. The Labute approximate surface area is 180 Å². The summed E-state index contributed by atoms with van der Waals surface area (Å²) in [4.78, 5) is 9.78. The molecule has 0 amide bonds. The molecule has 3 nitrogen and oxygen atoms in total. The standard InChI is InChI=1S/C25H32ClN3/c1-5-6-7-18(2)28-12-14-29(15-13-28)19(3)20-8-9-21-22(26)17-24(25(4)10-11-25)27-23(21)16-20/h8-9,16-17H,2-3,5-7,10-15H2,1,4H3. The summed E-state index contributed by atoms with van der Waals surface area (Å²) in [5.74, 6) is 0. The number of hydrogen-bond donors (Lipinski definition) is 0. The zero-order valence-electron chi connectivity index (χ0n) is 17.8. The second-order valence-electron chi connectivity index (χ2n) is 8.87. The molecule has 0 spiro atoms. The minimum absolute atomic E-state index is 0.210. The fraction of sp³-hybridized carbons (Fsp3) is 0.480. The van der Waals surface area contributed by atoms with Gasteiger partial charge in [0.2, 0.25) is 0 Å². The van der Waals surface area contributed by atoms with Gasteiger partial charge in [0.1, 0.15) is 0 Å². The summed E-state index contributed by atoms with van der Waals surface area (Å²) in [5.41, 5.74) is 5.80. The molecule has 4 rings (SSSR count). The third-order valence-corrected chi connectivity index (χ3v) is 6.95. The Balaban J connectivity index is 1.48. The van der Waals surface area contributed by atoms with Gasteiger partial charge in [-0.2, -0.15) is 0 Å². The van der Waals surface area contributed by atoms with E-state index in [0.29, 0.717) is 0 Å². The van der Waals surface area contributed by atoms with Crippen LogP contribution in [-0.4, -0.2) is 41.0 Å². The van der Waals surface area contributed by atoms with Gasteiger partial charge in [0.25, 0.3) is 0 Å². The van der Waals surface area contributed by atoms with Crippen molar-refractivity contribution in [3.63, 3.8) is 0 Å². The smallest absolute Gasteiger partial charge is 0.0727 e. The molecule has 29 heavy (non-hydrogen) atoms. The molecule has 2 fully saturated rings. The quantitative estimate of drug-likeness (QED) is 0.540. The van der Waals surface area contributed by atoms with E-state index >= 15 is 0 Å². The van der Waals surface area contributed by atoms with Crippen LogP contribution in [0.1, 0.15) is 57.2 Å². The number of aromatic nitrogens is 1. The van der Waals surface area contributed by atoms with Crippen LogP contribution in [0.4, 0.5) is 0 Å². The van der Waals surface area contributed by atoms with E-state index in [1.807, 2.05) is 0 Å². The topological polar surface area (TPSA) is 19.4 Å². The highest BCUT2D eigenvalue weighted by molar-refractivity contribution is 6.35. The maximum absolute atomic E-state index is 6.57. The maximum Gasteiger partial charge on any atom is 0.0727 e. The fourth-order valence-electron chi connectivity index (χ4n) is 4.13. The number of nitrogens with zero attached hydrogens (tertiary/aromatic N) is 3. The molecule has 1 saturated carbocycles. The van der Waals surface area contributed by atoms with Gasteiger partial charge in [-0.05, 0) is 43.4 Å². The number of fused-ring (bicyclic) bond motifs is 1. The molecule has 2 aromatic rings. The van der Waals surface area contributed by atoms with Crippen LogP contribution in [0.2, 0.25) is 5.02 Å². The van der Waals surface area contributed by atoms with E-state index in [0.717, 1.165) is 65.5 Å². The Morgan fingerprint density at radius 3 is 2.45 bits per heavy atom. The molecule has 0 bridgehead atoms. The maximum atomic E-state index is 6.57. The Bertz CT molecular complexity index is 936. The molecule has 2 heterocycles. The van der Waals surface area contributed by atoms with Crippen LogP contribution in [-0.2, 0) is 5.41 Å². The Hall–Kier alpha value is -2.00. The highest BCUT2D eigenvalue weighted by Crippen LogP contribution is 2.47. The Morgan fingerprint density at radius 2 is 1.79 bits per heavy atom.